The molecule has 1 aliphatic rings. The minimum Gasteiger partial charge on any atom is -0.493 e. The van der Waals surface area contributed by atoms with E-state index < -0.39 is 5.97 Å². The van der Waals surface area contributed by atoms with Crippen LogP contribution < -0.4 is 14.2 Å². The van der Waals surface area contributed by atoms with Crippen molar-refractivity contribution in [1.29, 1.82) is 0 Å². The van der Waals surface area contributed by atoms with Crippen LogP contribution in [-0.4, -0.2) is 38.0 Å². The van der Waals surface area contributed by atoms with Crippen molar-refractivity contribution in [3.63, 3.8) is 0 Å². The number of hydrogen-bond acceptors (Lipinski definition) is 7. The van der Waals surface area contributed by atoms with E-state index in [4.69, 9.17) is 19.0 Å². The fourth-order valence-corrected chi connectivity index (χ4v) is 3.29. The van der Waals surface area contributed by atoms with E-state index in [1.165, 1.54) is 33.5 Å². The predicted molar refractivity (Wildman–Crippen MR) is 107 cm³/mol. The van der Waals surface area contributed by atoms with Crippen LogP contribution in [0.25, 0.3) is 11.3 Å². The Kier molecular flexibility index (Phi) is 4.87. The molecule has 7 heteroatoms. The van der Waals surface area contributed by atoms with Crippen molar-refractivity contribution in [3.05, 3.63) is 71.4 Å². The molecule has 0 bridgehead atoms. The first-order valence-electron chi connectivity index (χ1n) is 8.82. The molecule has 1 aromatic heterocycles. The minimum absolute atomic E-state index is 0.224. The van der Waals surface area contributed by atoms with Crippen molar-refractivity contribution in [2.75, 3.05) is 21.3 Å². The number of carbonyl (C=O) groups is 1. The average Bonchev–Trinajstić information content (AvgIpc) is 3.10. The highest BCUT2D eigenvalue weighted by Crippen LogP contribution is 2.39. The summed E-state index contributed by atoms with van der Waals surface area (Å²) >= 11 is 0. The first kappa shape index (κ1) is 18.5. The molecular weight excluding hydrogens is 372 g/mol. The van der Waals surface area contributed by atoms with Crippen LogP contribution in [0.4, 0.5) is 0 Å². The fraction of sp³-hybridized carbons (Fsp3) is 0.136. The zero-order chi connectivity index (χ0) is 20.4. The molecule has 29 heavy (non-hydrogen) atoms. The van der Waals surface area contributed by atoms with Crippen molar-refractivity contribution in [2.24, 2.45) is 5.16 Å². The summed E-state index contributed by atoms with van der Waals surface area (Å²) in [6.07, 6.45) is 1.72. The van der Waals surface area contributed by atoms with Crippen LogP contribution in [0.1, 0.15) is 21.5 Å². The highest BCUT2D eigenvalue weighted by Gasteiger charge is 2.26. The third-order valence-corrected chi connectivity index (χ3v) is 4.62. The number of aromatic nitrogens is 1. The first-order valence-corrected chi connectivity index (χ1v) is 8.82. The first-order chi connectivity index (χ1) is 14.2. The van der Waals surface area contributed by atoms with Crippen molar-refractivity contribution >= 4 is 11.7 Å². The van der Waals surface area contributed by atoms with Gasteiger partial charge in [-0.3, -0.25) is 4.98 Å². The van der Waals surface area contributed by atoms with Gasteiger partial charge >= 0.3 is 5.97 Å². The molecular formula is C22H18N2O5. The summed E-state index contributed by atoms with van der Waals surface area (Å²) < 4.78 is 15.8. The Morgan fingerprint density at radius 3 is 2.17 bits per heavy atom. The highest BCUT2D eigenvalue weighted by molar-refractivity contribution is 6.23. The van der Waals surface area contributed by atoms with Gasteiger partial charge < -0.3 is 19.0 Å². The van der Waals surface area contributed by atoms with Gasteiger partial charge in [-0.15, -0.1) is 0 Å². The zero-order valence-electron chi connectivity index (χ0n) is 16.1. The number of rotatable bonds is 5. The lowest BCUT2D eigenvalue weighted by atomic mass is 10.1. The van der Waals surface area contributed by atoms with Gasteiger partial charge in [0.2, 0.25) is 5.75 Å². The Bertz CT molecular complexity index is 1050. The van der Waals surface area contributed by atoms with Gasteiger partial charge in [0.05, 0.1) is 32.6 Å². The third kappa shape index (κ3) is 3.16. The van der Waals surface area contributed by atoms with E-state index in [1.54, 1.807) is 6.20 Å². The topological polar surface area (TPSA) is 79.2 Å². The third-order valence-electron chi connectivity index (χ3n) is 4.62. The Hall–Kier alpha value is -3.87. The van der Waals surface area contributed by atoms with Crippen LogP contribution in [0, 0.1) is 0 Å². The SMILES string of the molecule is COc1cc(C(=O)O/N=C2\c3ccccc3-c3ncccc32)cc(OC)c1OC. The van der Waals surface area contributed by atoms with Crippen LogP contribution in [0.3, 0.4) is 0 Å². The molecule has 1 heterocycles. The van der Waals surface area contributed by atoms with E-state index in [0.29, 0.717) is 23.0 Å². The number of fused-ring (bicyclic) bond motifs is 3. The molecule has 0 saturated heterocycles. The van der Waals surface area contributed by atoms with Crippen LogP contribution in [-0.2, 0) is 4.84 Å². The molecule has 4 rings (SSSR count). The van der Waals surface area contributed by atoms with E-state index in [2.05, 4.69) is 10.1 Å². The van der Waals surface area contributed by atoms with Gasteiger partial charge in [-0.05, 0) is 24.3 Å². The lowest BCUT2D eigenvalue weighted by molar-refractivity contribution is 0.0516. The maximum atomic E-state index is 12.7. The molecule has 0 saturated carbocycles. The molecule has 0 spiro atoms. The number of benzene rings is 2. The van der Waals surface area contributed by atoms with Gasteiger partial charge in [-0.25, -0.2) is 4.79 Å². The summed E-state index contributed by atoms with van der Waals surface area (Å²) in [6.45, 7) is 0. The largest absolute Gasteiger partial charge is 0.493 e. The Labute approximate surface area is 167 Å². The summed E-state index contributed by atoms with van der Waals surface area (Å²) in [7, 11) is 4.45. The maximum absolute atomic E-state index is 12.7. The molecule has 0 N–H and O–H groups in total. The molecule has 146 valence electrons. The van der Waals surface area contributed by atoms with Gasteiger partial charge in [0.15, 0.2) is 11.5 Å². The summed E-state index contributed by atoms with van der Waals surface area (Å²) in [6, 6.07) is 14.5. The minimum atomic E-state index is -0.647. The molecule has 0 radical (unpaired) electrons. The van der Waals surface area contributed by atoms with E-state index in [0.717, 1.165) is 22.4 Å². The summed E-state index contributed by atoms with van der Waals surface area (Å²) in [4.78, 5) is 22.4. The van der Waals surface area contributed by atoms with E-state index in [-0.39, 0.29) is 5.56 Å². The number of pyridine rings is 1. The van der Waals surface area contributed by atoms with Crippen molar-refractivity contribution < 1.29 is 23.8 Å². The monoisotopic (exact) mass is 390 g/mol. The standard InChI is InChI=1S/C22H18N2O5/c1-26-17-11-13(12-18(27-2)21(17)28-3)22(25)29-24-20-15-8-5-4-7-14(15)19-16(20)9-6-10-23-19/h4-12H,1-3H3/b24-20+. The van der Waals surface area contributed by atoms with Gasteiger partial charge in [0.1, 0.15) is 5.71 Å². The average molecular weight is 390 g/mol. The second kappa shape index (κ2) is 7.63. The Morgan fingerprint density at radius 2 is 1.52 bits per heavy atom. The molecule has 3 aromatic rings. The number of nitrogens with zero attached hydrogens (tertiary/aromatic N) is 2. The van der Waals surface area contributed by atoms with Crippen LogP contribution in [0.15, 0.2) is 59.9 Å². The Morgan fingerprint density at radius 1 is 0.862 bits per heavy atom. The molecule has 0 amide bonds. The van der Waals surface area contributed by atoms with Crippen LogP contribution in [0.2, 0.25) is 0 Å². The fourth-order valence-electron chi connectivity index (χ4n) is 3.29. The predicted octanol–water partition coefficient (Wildman–Crippen LogP) is 3.70. The van der Waals surface area contributed by atoms with Gasteiger partial charge in [-0.1, -0.05) is 29.4 Å². The molecule has 0 atom stereocenters. The van der Waals surface area contributed by atoms with Gasteiger partial charge in [0.25, 0.3) is 0 Å². The van der Waals surface area contributed by atoms with Crippen LogP contribution >= 0.6 is 0 Å². The molecule has 0 aliphatic heterocycles. The summed E-state index contributed by atoms with van der Waals surface area (Å²) in [5.41, 5.74) is 4.22. The normalized spacial score (nSPS) is 12.9. The van der Waals surface area contributed by atoms with Gasteiger partial charge in [-0.2, -0.15) is 0 Å². The second-order valence-corrected chi connectivity index (χ2v) is 6.18. The highest BCUT2D eigenvalue weighted by atomic mass is 16.7. The maximum Gasteiger partial charge on any atom is 0.366 e. The number of carbonyl (C=O) groups excluding carboxylic acids is 1. The lowest BCUT2D eigenvalue weighted by Gasteiger charge is -2.13. The lowest BCUT2D eigenvalue weighted by Crippen LogP contribution is -2.07. The summed E-state index contributed by atoms with van der Waals surface area (Å²) in [5.74, 6) is 0.452. The quantitative estimate of drug-likeness (QED) is 0.382. The molecule has 7 nitrogen and oxygen atoms in total. The number of ether oxygens (including phenoxy) is 3. The molecule has 0 unspecified atom stereocenters. The second-order valence-electron chi connectivity index (χ2n) is 6.18. The summed E-state index contributed by atoms with van der Waals surface area (Å²) in [5, 5.41) is 4.15. The number of hydrogen-bond donors (Lipinski definition) is 0. The van der Waals surface area contributed by atoms with Crippen LogP contribution in [0.5, 0.6) is 17.2 Å². The molecule has 1 aliphatic carbocycles. The van der Waals surface area contributed by atoms with Crippen molar-refractivity contribution in [3.8, 4) is 28.5 Å². The molecule has 2 aromatic carbocycles. The molecule has 0 fully saturated rings. The van der Waals surface area contributed by atoms with E-state index in [9.17, 15) is 4.79 Å². The van der Waals surface area contributed by atoms with E-state index in [1.807, 2.05) is 36.4 Å². The van der Waals surface area contributed by atoms with E-state index >= 15 is 0 Å². The Balaban J connectivity index is 1.69. The van der Waals surface area contributed by atoms with Gasteiger partial charge in [0, 0.05) is 22.9 Å². The smallest absolute Gasteiger partial charge is 0.366 e. The van der Waals surface area contributed by atoms with Crippen molar-refractivity contribution in [2.45, 2.75) is 0 Å². The number of methoxy groups -OCH3 is 3. The van der Waals surface area contributed by atoms with Crippen molar-refractivity contribution in [1.82, 2.24) is 4.98 Å². The zero-order valence-corrected chi connectivity index (χ0v) is 16.1. The number of oxime groups is 1.